The fraction of sp³-hybridized carbons (Fsp3) is 0.129. The lowest BCUT2D eigenvalue weighted by molar-refractivity contribution is 0.483. The van der Waals surface area contributed by atoms with Crippen molar-refractivity contribution < 1.29 is 4.74 Å². The summed E-state index contributed by atoms with van der Waals surface area (Å²) in [7, 11) is 0. The number of ether oxygens (including phenoxy) is 1. The zero-order chi connectivity index (χ0) is 45.9. The molecule has 0 bridgehead atoms. The number of fused-ring (bicyclic) bond motifs is 4. The first-order valence-corrected chi connectivity index (χ1v) is 23.1. The van der Waals surface area contributed by atoms with Crippen molar-refractivity contribution in [2.75, 3.05) is 0 Å². The molecule has 0 atom stereocenters. The van der Waals surface area contributed by atoms with Crippen LogP contribution >= 0.6 is 0 Å². The first-order valence-electron chi connectivity index (χ1n) is 23.1. The third-order valence-electron chi connectivity index (χ3n) is 13.0. The molecule has 11 rings (SSSR count). The Labute approximate surface area is 392 Å². The van der Waals surface area contributed by atoms with Crippen LogP contribution in [0, 0.1) is 0 Å². The third kappa shape index (κ3) is 7.66. The van der Waals surface area contributed by atoms with Crippen molar-refractivity contribution in [1.29, 1.82) is 0 Å². The van der Waals surface area contributed by atoms with Gasteiger partial charge in [0.15, 0.2) is 0 Å². The first kappa shape index (κ1) is 41.7. The van der Waals surface area contributed by atoms with Crippen molar-refractivity contribution in [1.82, 2.24) is 19.1 Å². The maximum atomic E-state index is 6.80. The summed E-state index contributed by atoms with van der Waals surface area (Å²) in [5.41, 5.74) is 16.3. The molecule has 326 valence electrons. The van der Waals surface area contributed by atoms with E-state index in [0.717, 1.165) is 72.6 Å². The third-order valence-corrected chi connectivity index (χ3v) is 13.0. The minimum absolute atomic E-state index is 0.0177. The van der Waals surface area contributed by atoms with Gasteiger partial charge in [-0.25, -0.2) is 4.98 Å². The second-order valence-electron chi connectivity index (χ2n) is 19.5. The summed E-state index contributed by atoms with van der Waals surface area (Å²) in [4.78, 5) is 10.4. The molecule has 5 heteroatoms. The van der Waals surface area contributed by atoms with Gasteiger partial charge >= 0.3 is 0 Å². The quantitative estimate of drug-likeness (QED) is 0.153. The van der Waals surface area contributed by atoms with E-state index in [1.165, 1.54) is 27.6 Å². The summed E-state index contributed by atoms with van der Waals surface area (Å²) < 4.78 is 11.5. The summed E-state index contributed by atoms with van der Waals surface area (Å²) in [6.07, 6.45) is 1.93. The Morgan fingerprint density at radius 1 is 0.418 bits per heavy atom. The van der Waals surface area contributed by atoms with Crippen LogP contribution in [0.15, 0.2) is 206 Å². The molecule has 0 aliphatic rings. The van der Waals surface area contributed by atoms with E-state index < -0.39 is 0 Å². The van der Waals surface area contributed by atoms with Crippen molar-refractivity contribution in [2.24, 2.45) is 0 Å². The maximum absolute atomic E-state index is 6.80. The average molecular weight is 869 g/mol. The van der Waals surface area contributed by atoms with Crippen LogP contribution in [0.3, 0.4) is 0 Å². The zero-order valence-electron chi connectivity index (χ0n) is 38.8. The van der Waals surface area contributed by atoms with Gasteiger partial charge in [-0.15, -0.1) is 0 Å². The van der Waals surface area contributed by atoms with Crippen molar-refractivity contribution in [3.63, 3.8) is 0 Å². The number of hydrogen-bond donors (Lipinski definition) is 0. The monoisotopic (exact) mass is 868 g/mol. The van der Waals surface area contributed by atoms with Crippen molar-refractivity contribution in [3.8, 4) is 67.8 Å². The highest BCUT2D eigenvalue weighted by atomic mass is 16.5. The molecule has 0 aliphatic heterocycles. The average Bonchev–Trinajstić information content (AvgIpc) is 3.90. The zero-order valence-corrected chi connectivity index (χ0v) is 38.8. The van der Waals surface area contributed by atoms with Gasteiger partial charge in [-0.05, 0) is 106 Å². The number of pyridine rings is 1. The molecule has 0 amide bonds. The molecule has 11 aromatic rings. The largest absolute Gasteiger partial charge is 0.457 e. The Balaban J connectivity index is 1.02. The minimum atomic E-state index is -0.0191. The Bertz CT molecular complexity index is 3620. The van der Waals surface area contributed by atoms with Crippen molar-refractivity contribution >= 4 is 32.8 Å². The second-order valence-corrected chi connectivity index (χ2v) is 19.5. The Hall–Kier alpha value is -8.02. The predicted molar refractivity (Wildman–Crippen MR) is 279 cm³/mol. The molecule has 0 aliphatic carbocycles. The van der Waals surface area contributed by atoms with Crippen molar-refractivity contribution in [2.45, 2.75) is 52.4 Å². The van der Waals surface area contributed by atoms with Crippen LogP contribution in [-0.4, -0.2) is 19.1 Å². The number of benzene rings is 8. The molecule has 0 saturated carbocycles. The number of hydrogen-bond acceptors (Lipinski definition) is 3. The lowest BCUT2D eigenvalue weighted by atomic mass is 9.85. The summed E-state index contributed by atoms with van der Waals surface area (Å²) >= 11 is 0. The molecule has 0 unspecified atom stereocenters. The fourth-order valence-corrected chi connectivity index (χ4v) is 9.47. The van der Waals surface area contributed by atoms with E-state index in [4.69, 9.17) is 14.7 Å². The maximum Gasteiger partial charge on any atom is 0.145 e. The number of rotatable bonds is 8. The minimum Gasteiger partial charge on any atom is -0.457 e. The number of para-hydroxylation sites is 3. The van der Waals surface area contributed by atoms with Crippen LogP contribution in [0.5, 0.6) is 11.5 Å². The highest BCUT2D eigenvalue weighted by molar-refractivity contribution is 6.13. The second kappa shape index (κ2) is 16.4. The topological polar surface area (TPSA) is 44.9 Å². The first-order chi connectivity index (χ1) is 32.5. The number of nitrogens with zero attached hydrogens (tertiary/aromatic N) is 4. The molecule has 0 fully saturated rings. The molecular weight excluding hydrogens is 817 g/mol. The predicted octanol–water partition coefficient (Wildman–Crippen LogP) is 16.6. The van der Waals surface area contributed by atoms with E-state index in [9.17, 15) is 0 Å². The van der Waals surface area contributed by atoms with Gasteiger partial charge < -0.3 is 9.30 Å². The molecule has 0 spiro atoms. The number of imidazole rings is 1. The normalized spacial score (nSPS) is 12.0. The van der Waals surface area contributed by atoms with E-state index in [0.29, 0.717) is 11.5 Å². The van der Waals surface area contributed by atoms with Gasteiger partial charge in [-0.3, -0.25) is 9.55 Å². The Morgan fingerprint density at radius 2 is 0.940 bits per heavy atom. The van der Waals surface area contributed by atoms with Crippen LogP contribution in [-0.2, 0) is 10.8 Å². The van der Waals surface area contributed by atoms with Crippen LogP contribution in [0.2, 0.25) is 0 Å². The van der Waals surface area contributed by atoms with Crippen LogP contribution < -0.4 is 4.74 Å². The molecule has 5 nitrogen and oxygen atoms in total. The van der Waals surface area contributed by atoms with Gasteiger partial charge in [-0.1, -0.05) is 169 Å². The van der Waals surface area contributed by atoms with Gasteiger partial charge in [0, 0.05) is 39.2 Å². The summed E-state index contributed by atoms with van der Waals surface area (Å²) in [5, 5.41) is 2.32. The van der Waals surface area contributed by atoms with Crippen LogP contribution in [0.1, 0.15) is 52.7 Å². The SMILES string of the molecule is CC(C)(C)c1ccc(-n2c(-c3cccc(Oc4cccc(-c5nccc6c7ccccc7n(-c7ccc(C(C)(C)C)cc7-c7ccccc7)c56)c4)c3)nc3ccccc32)c(-c2ccccc2)c1. The lowest BCUT2D eigenvalue weighted by Gasteiger charge is -2.23. The van der Waals surface area contributed by atoms with Crippen molar-refractivity contribution in [3.05, 3.63) is 218 Å². The smallest absolute Gasteiger partial charge is 0.145 e. The highest BCUT2D eigenvalue weighted by Crippen LogP contribution is 2.43. The van der Waals surface area contributed by atoms with Crippen LogP contribution in [0.25, 0.3) is 89.1 Å². The lowest BCUT2D eigenvalue weighted by Crippen LogP contribution is -2.12. The van der Waals surface area contributed by atoms with E-state index >= 15 is 0 Å². The van der Waals surface area contributed by atoms with Gasteiger partial charge in [0.1, 0.15) is 17.3 Å². The Kier molecular flexibility index (Phi) is 10.2. The van der Waals surface area contributed by atoms with Crippen LogP contribution in [0.4, 0.5) is 0 Å². The summed E-state index contributed by atoms with van der Waals surface area (Å²) in [5.74, 6) is 2.27. The van der Waals surface area contributed by atoms with E-state index in [1.807, 2.05) is 18.3 Å². The molecule has 3 aromatic heterocycles. The molecule has 0 saturated heterocycles. The van der Waals surface area contributed by atoms with E-state index in [1.54, 1.807) is 0 Å². The standard InChI is InChI=1S/C62H52N4O/c1-61(2,3)45-31-33-55(51(39-45)41-19-9-7-10-20-41)65-54-29-15-13-27-49(54)50-35-36-63-58(59(50)65)43-23-17-25-47(37-43)67-48-26-18-24-44(38-48)60-64-53-28-14-16-30-57(53)66(60)56-34-32-46(62(4,5)6)40-52(56)42-21-11-8-12-22-42/h7-40H,1-6H3. The molecule has 3 heterocycles. The van der Waals surface area contributed by atoms with Gasteiger partial charge in [0.25, 0.3) is 0 Å². The molecule has 0 N–H and O–H groups in total. The molecule has 67 heavy (non-hydrogen) atoms. The van der Waals surface area contributed by atoms with Gasteiger partial charge in [0.05, 0.1) is 39.1 Å². The van der Waals surface area contributed by atoms with E-state index in [2.05, 4.69) is 239 Å². The van der Waals surface area contributed by atoms with Gasteiger partial charge in [-0.2, -0.15) is 0 Å². The Morgan fingerprint density at radius 3 is 1.57 bits per heavy atom. The summed E-state index contributed by atoms with van der Waals surface area (Å²) in [6.45, 7) is 13.6. The number of aromatic nitrogens is 4. The van der Waals surface area contributed by atoms with E-state index in [-0.39, 0.29) is 10.8 Å². The molecule has 8 aromatic carbocycles. The summed E-state index contributed by atoms with van der Waals surface area (Å²) in [6, 6.07) is 71.0. The molecule has 0 radical (unpaired) electrons. The fourth-order valence-electron chi connectivity index (χ4n) is 9.47. The molecular formula is C62H52N4O. The van der Waals surface area contributed by atoms with Gasteiger partial charge in [0.2, 0.25) is 0 Å². The highest BCUT2D eigenvalue weighted by Gasteiger charge is 2.24.